The van der Waals surface area contributed by atoms with Gasteiger partial charge >= 0.3 is 0 Å². The molecule has 0 bridgehead atoms. The van der Waals surface area contributed by atoms with Gasteiger partial charge in [0.15, 0.2) is 0 Å². The van der Waals surface area contributed by atoms with E-state index < -0.39 is 0 Å². The van der Waals surface area contributed by atoms with Gasteiger partial charge in [0.05, 0.1) is 18.1 Å². The number of piperidine rings is 1. The van der Waals surface area contributed by atoms with Crippen molar-refractivity contribution in [2.45, 2.75) is 32.0 Å². The molecule has 158 valence electrons. The Morgan fingerprint density at radius 2 is 2.10 bits per heavy atom. The van der Waals surface area contributed by atoms with Gasteiger partial charge in [-0.25, -0.2) is 4.68 Å². The van der Waals surface area contributed by atoms with E-state index in [1.54, 1.807) is 27.7 Å². The highest BCUT2D eigenvalue weighted by Gasteiger charge is 2.19. The van der Waals surface area contributed by atoms with Gasteiger partial charge in [-0.15, -0.1) is 5.10 Å². The molecule has 2 atom stereocenters. The predicted molar refractivity (Wildman–Crippen MR) is 118 cm³/mol. The SMILES string of the molecule is CC(n1cc(-c2cncc(N(C)C)c2)nn1)n1ccc(N2CCC[C@@H](N)C2)cc1=O. The van der Waals surface area contributed by atoms with E-state index >= 15 is 0 Å². The van der Waals surface area contributed by atoms with Crippen molar-refractivity contribution in [3.63, 3.8) is 0 Å². The van der Waals surface area contributed by atoms with E-state index in [9.17, 15) is 4.79 Å². The Hall–Kier alpha value is -3.20. The Balaban J connectivity index is 1.56. The molecule has 3 aromatic rings. The van der Waals surface area contributed by atoms with Crippen LogP contribution in [0, 0.1) is 0 Å². The van der Waals surface area contributed by atoms with E-state index in [-0.39, 0.29) is 17.8 Å². The number of pyridine rings is 2. The lowest BCUT2D eigenvalue weighted by molar-refractivity contribution is 0.405. The minimum atomic E-state index is -0.304. The zero-order valence-corrected chi connectivity index (χ0v) is 17.6. The largest absolute Gasteiger partial charge is 0.376 e. The van der Waals surface area contributed by atoms with E-state index in [0.717, 1.165) is 42.9 Å². The van der Waals surface area contributed by atoms with Crippen molar-refractivity contribution in [1.29, 1.82) is 0 Å². The summed E-state index contributed by atoms with van der Waals surface area (Å²) in [7, 11) is 3.93. The molecule has 2 N–H and O–H groups in total. The second kappa shape index (κ2) is 8.27. The van der Waals surface area contributed by atoms with Crippen LogP contribution in [0.15, 0.2) is 47.8 Å². The normalized spacial score (nSPS) is 17.7. The van der Waals surface area contributed by atoms with Crippen LogP contribution in [0.5, 0.6) is 0 Å². The van der Waals surface area contributed by atoms with Crippen LogP contribution in [0.25, 0.3) is 11.3 Å². The zero-order valence-electron chi connectivity index (χ0n) is 17.6. The van der Waals surface area contributed by atoms with Crippen LogP contribution >= 0.6 is 0 Å². The first-order chi connectivity index (χ1) is 14.4. The molecule has 0 saturated carbocycles. The molecule has 1 aliphatic rings. The van der Waals surface area contributed by atoms with Gasteiger partial charge in [0.2, 0.25) is 0 Å². The Morgan fingerprint density at radius 1 is 1.27 bits per heavy atom. The fourth-order valence-corrected chi connectivity index (χ4v) is 3.76. The van der Waals surface area contributed by atoms with E-state index in [1.165, 1.54) is 0 Å². The quantitative estimate of drug-likeness (QED) is 0.684. The van der Waals surface area contributed by atoms with E-state index in [0.29, 0.717) is 5.69 Å². The number of anilines is 2. The topological polar surface area (TPSA) is 98.1 Å². The maximum absolute atomic E-state index is 12.8. The number of nitrogens with two attached hydrogens (primary N) is 1. The summed E-state index contributed by atoms with van der Waals surface area (Å²) in [5, 5.41) is 8.52. The zero-order chi connectivity index (χ0) is 21.3. The first-order valence-electron chi connectivity index (χ1n) is 10.2. The molecule has 0 amide bonds. The molecule has 9 nitrogen and oxygen atoms in total. The molecule has 1 unspecified atom stereocenters. The van der Waals surface area contributed by atoms with Crippen LogP contribution in [0.2, 0.25) is 0 Å². The maximum Gasteiger partial charge on any atom is 0.254 e. The molecule has 1 fully saturated rings. The third-order valence-corrected chi connectivity index (χ3v) is 5.59. The third-order valence-electron chi connectivity index (χ3n) is 5.59. The standard InChI is InChI=1S/C21H28N8O/c1-15(28-8-6-18(10-21(28)30)27-7-4-5-17(22)13-27)29-14-20(24-25-29)16-9-19(26(2)3)12-23-11-16/h6,8-12,14-15,17H,4-5,7,13,22H2,1-3H3/t15?,17-/m1/s1. The Morgan fingerprint density at radius 3 is 2.83 bits per heavy atom. The fourth-order valence-electron chi connectivity index (χ4n) is 3.76. The first kappa shape index (κ1) is 20.1. The number of hydrogen-bond donors (Lipinski definition) is 1. The van der Waals surface area contributed by atoms with Crippen molar-refractivity contribution in [3.05, 3.63) is 53.3 Å². The number of nitrogens with zero attached hydrogens (tertiary/aromatic N) is 7. The lowest BCUT2D eigenvalue weighted by Crippen LogP contribution is -2.43. The lowest BCUT2D eigenvalue weighted by Gasteiger charge is -2.32. The molecule has 3 aromatic heterocycles. The lowest BCUT2D eigenvalue weighted by atomic mass is 10.1. The summed E-state index contributed by atoms with van der Waals surface area (Å²) in [6.07, 6.45) is 8.99. The number of hydrogen-bond acceptors (Lipinski definition) is 7. The molecule has 0 aromatic carbocycles. The van der Waals surface area contributed by atoms with Crippen molar-refractivity contribution < 1.29 is 0 Å². The molecule has 1 saturated heterocycles. The van der Waals surface area contributed by atoms with Crippen LogP contribution in [-0.2, 0) is 0 Å². The highest BCUT2D eigenvalue weighted by molar-refractivity contribution is 5.62. The van der Waals surface area contributed by atoms with Crippen molar-refractivity contribution in [3.8, 4) is 11.3 Å². The molecule has 9 heteroatoms. The molecular formula is C21H28N8O. The van der Waals surface area contributed by atoms with Crippen molar-refractivity contribution in [2.75, 3.05) is 37.0 Å². The molecule has 1 aliphatic heterocycles. The van der Waals surface area contributed by atoms with Gasteiger partial charge in [-0.3, -0.25) is 14.3 Å². The minimum Gasteiger partial charge on any atom is -0.376 e. The Kier molecular flexibility index (Phi) is 5.54. The minimum absolute atomic E-state index is 0.0764. The molecule has 0 radical (unpaired) electrons. The molecule has 0 aliphatic carbocycles. The third kappa shape index (κ3) is 4.06. The monoisotopic (exact) mass is 408 g/mol. The fraction of sp³-hybridized carbons (Fsp3) is 0.429. The summed E-state index contributed by atoms with van der Waals surface area (Å²) in [5.41, 5.74) is 9.50. The summed E-state index contributed by atoms with van der Waals surface area (Å²) in [4.78, 5) is 21.3. The van der Waals surface area contributed by atoms with Gasteiger partial charge in [0, 0.05) is 62.9 Å². The van der Waals surface area contributed by atoms with Crippen LogP contribution in [-0.4, -0.2) is 57.8 Å². The Bertz CT molecular complexity index is 1070. The van der Waals surface area contributed by atoms with Gasteiger partial charge in [-0.2, -0.15) is 0 Å². The summed E-state index contributed by atoms with van der Waals surface area (Å²) in [5.74, 6) is 0. The maximum atomic E-state index is 12.8. The Labute approximate surface area is 175 Å². The predicted octanol–water partition coefficient (Wildman–Crippen LogP) is 1.56. The molecule has 4 rings (SSSR count). The van der Waals surface area contributed by atoms with Crippen molar-refractivity contribution >= 4 is 11.4 Å². The smallest absolute Gasteiger partial charge is 0.254 e. The van der Waals surface area contributed by atoms with Gasteiger partial charge in [-0.1, -0.05) is 5.21 Å². The van der Waals surface area contributed by atoms with Gasteiger partial charge in [0.1, 0.15) is 11.9 Å². The van der Waals surface area contributed by atoms with Gasteiger partial charge < -0.3 is 15.5 Å². The second-order valence-electron chi connectivity index (χ2n) is 8.02. The van der Waals surface area contributed by atoms with E-state index in [1.807, 2.05) is 50.4 Å². The molecule has 0 spiro atoms. The molecule has 4 heterocycles. The second-order valence-corrected chi connectivity index (χ2v) is 8.02. The number of rotatable bonds is 5. The van der Waals surface area contributed by atoms with Crippen molar-refractivity contribution in [1.82, 2.24) is 24.5 Å². The average molecular weight is 409 g/mol. The summed E-state index contributed by atoms with van der Waals surface area (Å²) < 4.78 is 3.34. The van der Waals surface area contributed by atoms with Crippen LogP contribution in [0.4, 0.5) is 11.4 Å². The summed E-state index contributed by atoms with van der Waals surface area (Å²) in [6, 6.07) is 5.82. The molecule has 30 heavy (non-hydrogen) atoms. The average Bonchev–Trinajstić information content (AvgIpc) is 3.23. The highest BCUT2D eigenvalue weighted by Crippen LogP contribution is 2.22. The van der Waals surface area contributed by atoms with Crippen LogP contribution in [0.1, 0.15) is 25.9 Å². The first-order valence-corrected chi connectivity index (χ1v) is 10.2. The van der Waals surface area contributed by atoms with E-state index in [4.69, 9.17) is 5.73 Å². The van der Waals surface area contributed by atoms with Crippen LogP contribution < -0.4 is 21.1 Å². The number of aromatic nitrogens is 5. The van der Waals surface area contributed by atoms with Crippen LogP contribution in [0.3, 0.4) is 0 Å². The van der Waals surface area contributed by atoms with Crippen molar-refractivity contribution in [2.24, 2.45) is 5.73 Å². The molecular weight excluding hydrogens is 380 g/mol. The highest BCUT2D eigenvalue weighted by atomic mass is 16.1. The van der Waals surface area contributed by atoms with Gasteiger partial charge in [0.25, 0.3) is 5.56 Å². The summed E-state index contributed by atoms with van der Waals surface area (Å²) >= 11 is 0. The summed E-state index contributed by atoms with van der Waals surface area (Å²) in [6.45, 7) is 3.63. The van der Waals surface area contributed by atoms with E-state index in [2.05, 4.69) is 20.2 Å². The van der Waals surface area contributed by atoms with Gasteiger partial charge in [-0.05, 0) is 31.9 Å².